The molecule has 1 fully saturated rings. The molecule has 0 amide bonds. The van der Waals surface area contributed by atoms with E-state index in [9.17, 15) is 0 Å². The lowest BCUT2D eigenvalue weighted by Gasteiger charge is -2.41. The minimum absolute atomic E-state index is 0.0693. The van der Waals surface area contributed by atoms with Gasteiger partial charge in [0.1, 0.15) is 0 Å². The Morgan fingerprint density at radius 1 is 1.41 bits per heavy atom. The Kier molecular flexibility index (Phi) is 3.79. The Bertz CT molecular complexity index is 371. The van der Waals surface area contributed by atoms with E-state index >= 15 is 0 Å². The van der Waals surface area contributed by atoms with Crippen molar-refractivity contribution in [3.05, 3.63) is 29.6 Å². The van der Waals surface area contributed by atoms with Crippen molar-refractivity contribution in [2.45, 2.75) is 45.2 Å². The summed E-state index contributed by atoms with van der Waals surface area (Å²) in [6.45, 7) is 7.18. The lowest BCUT2D eigenvalue weighted by atomic mass is 9.77. The largest absolute Gasteiger partial charge is 0.324 e. The molecule has 1 aromatic rings. The molecule has 1 heterocycles. The molecule has 0 radical (unpaired) electrons. The Balaban J connectivity index is 1.95. The summed E-state index contributed by atoms with van der Waals surface area (Å²) in [4.78, 5) is 6.96. The third-order valence-corrected chi connectivity index (χ3v) is 3.67. The first-order valence-corrected chi connectivity index (χ1v) is 6.55. The number of hydrogen-bond acceptors (Lipinski definition) is 3. The van der Waals surface area contributed by atoms with Crippen LogP contribution in [0.5, 0.6) is 0 Å². The molecule has 3 heteroatoms. The lowest BCUT2D eigenvalue weighted by molar-refractivity contribution is 0.143. The van der Waals surface area contributed by atoms with Gasteiger partial charge in [-0.3, -0.25) is 9.88 Å². The van der Waals surface area contributed by atoms with Crippen molar-refractivity contribution in [3.8, 4) is 0 Å². The van der Waals surface area contributed by atoms with Gasteiger partial charge in [-0.1, -0.05) is 13.0 Å². The Hall–Kier alpha value is -0.930. The van der Waals surface area contributed by atoms with Gasteiger partial charge >= 0.3 is 0 Å². The molecule has 1 aromatic heterocycles. The number of aromatic nitrogens is 1. The maximum Gasteiger partial charge on any atom is 0.0547 e. The predicted octanol–water partition coefficient (Wildman–Crippen LogP) is 2.09. The number of likely N-dealkylation sites (N-methyl/N-ethyl adjacent to an activating group) is 1. The summed E-state index contributed by atoms with van der Waals surface area (Å²) >= 11 is 0. The van der Waals surface area contributed by atoms with Crippen LogP contribution in [0, 0.1) is 6.92 Å². The Morgan fingerprint density at radius 2 is 2.18 bits per heavy atom. The minimum atomic E-state index is 0.0693. The topological polar surface area (TPSA) is 42.2 Å². The van der Waals surface area contributed by atoms with E-state index in [4.69, 9.17) is 5.73 Å². The summed E-state index contributed by atoms with van der Waals surface area (Å²) in [6.07, 6.45) is 3.63. The minimum Gasteiger partial charge on any atom is -0.324 e. The number of pyridine rings is 1. The van der Waals surface area contributed by atoms with Gasteiger partial charge in [0.2, 0.25) is 0 Å². The zero-order valence-corrected chi connectivity index (χ0v) is 10.9. The molecule has 0 aromatic carbocycles. The number of nitrogens with zero attached hydrogens (tertiary/aromatic N) is 2. The number of hydrogen-bond donors (Lipinski definition) is 1. The molecule has 17 heavy (non-hydrogen) atoms. The van der Waals surface area contributed by atoms with Crippen LogP contribution in [-0.2, 0) is 6.54 Å². The van der Waals surface area contributed by atoms with Gasteiger partial charge in [-0.05, 0) is 44.9 Å². The van der Waals surface area contributed by atoms with Crippen LogP contribution in [0.2, 0.25) is 0 Å². The fraction of sp³-hybridized carbons (Fsp3) is 0.643. The summed E-state index contributed by atoms with van der Waals surface area (Å²) < 4.78 is 0. The molecule has 1 saturated carbocycles. The van der Waals surface area contributed by atoms with Crippen molar-refractivity contribution >= 4 is 0 Å². The van der Waals surface area contributed by atoms with E-state index in [1.54, 1.807) is 0 Å². The van der Waals surface area contributed by atoms with Crippen molar-refractivity contribution in [1.29, 1.82) is 0 Å². The first-order valence-electron chi connectivity index (χ1n) is 6.55. The van der Waals surface area contributed by atoms with E-state index in [1.807, 2.05) is 13.0 Å². The first kappa shape index (κ1) is 12.5. The molecule has 2 rings (SSSR count). The van der Waals surface area contributed by atoms with Crippen LogP contribution in [-0.4, -0.2) is 28.5 Å². The highest BCUT2D eigenvalue weighted by molar-refractivity contribution is 5.10. The maximum atomic E-state index is 6.30. The summed E-state index contributed by atoms with van der Waals surface area (Å²) in [6, 6.07) is 6.21. The second kappa shape index (κ2) is 5.15. The molecule has 0 spiro atoms. The average Bonchev–Trinajstić information content (AvgIpc) is 2.26. The first-order chi connectivity index (χ1) is 8.11. The summed E-state index contributed by atoms with van der Waals surface area (Å²) in [5.74, 6) is 0. The Labute approximate surface area is 104 Å². The van der Waals surface area contributed by atoms with Crippen molar-refractivity contribution < 1.29 is 0 Å². The zero-order chi connectivity index (χ0) is 12.3. The van der Waals surface area contributed by atoms with Gasteiger partial charge in [0.15, 0.2) is 0 Å². The monoisotopic (exact) mass is 233 g/mol. The molecule has 0 bridgehead atoms. The molecule has 0 saturated heterocycles. The van der Waals surface area contributed by atoms with Crippen LogP contribution in [0.4, 0.5) is 0 Å². The number of rotatable bonds is 5. The molecular formula is C14H23N3. The van der Waals surface area contributed by atoms with Crippen molar-refractivity contribution in [3.63, 3.8) is 0 Å². The highest BCUT2D eigenvalue weighted by Crippen LogP contribution is 2.30. The zero-order valence-electron chi connectivity index (χ0n) is 10.9. The summed E-state index contributed by atoms with van der Waals surface area (Å²) in [5, 5.41) is 0. The van der Waals surface area contributed by atoms with Crippen LogP contribution >= 0.6 is 0 Å². The molecule has 0 unspecified atom stereocenters. The molecule has 2 N–H and O–H groups in total. The predicted molar refractivity (Wildman–Crippen MR) is 70.7 cm³/mol. The number of aryl methyl sites for hydroxylation is 1. The van der Waals surface area contributed by atoms with Crippen molar-refractivity contribution in [2.24, 2.45) is 5.73 Å². The third kappa shape index (κ3) is 3.27. The molecule has 94 valence electrons. The van der Waals surface area contributed by atoms with Gasteiger partial charge in [-0.2, -0.15) is 0 Å². The van der Waals surface area contributed by atoms with E-state index in [0.29, 0.717) is 0 Å². The van der Waals surface area contributed by atoms with E-state index in [2.05, 4.69) is 28.9 Å². The molecule has 0 aliphatic heterocycles. The second-order valence-corrected chi connectivity index (χ2v) is 5.29. The second-order valence-electron chi connectivity index (χ2n) is 5.29. The van der Waals surface area contributed by atoms with Gasteiger partial charge in [0.05, 0.1) is 5.69 Å². The molecule has 1 aliphatic rings. The molecule has 3 nitrogen and oxygen atoms in total. The lowest BCUT2D eigenvalue weighted by Crippen LogP contribution is -2.54. The fourth-order valence-electron chi connectivity index (χ4n) is 2.43. The maximum absolute atomic E-state index is 6.30. The van der Waals surface area contributed by atoms with Crippen LogP contribution < -0.4 is 5.73 Å². The van der Waals surface area contributed by atoms with Crippen LogP contribution in [0.3, 0.4) is 0 Å². The number of nitrogens with two attached hydrogens (primary N) is 1. The highest BCUT2D eigenvalue weighted by atomic mass is 15.2. The fourth-order valence-corrected chi connectivity index (χ4v) is 2.43. The van der Waals surface area contributed by atoms with E-state index in [-0.39, 0.29) is 5.54 Å². The third-order valence-electron chi connectivity index (χ3n) is 3.67. The normalized spacial score (nSPS) is 18.1. The van der Waals surface area contributed by atoms with Crippen LogP contribution in [0.1, 0.15) is 37.6 Å². The van der Waals surface area contributed by atoms with E-state index < -0.39 is 0 Å². The summed E-state index contributed by atoms with van der Waals surface area (Å²) in [7, 11) is 0. The van der Waals surface area contributed by atoms with Gasteiger partial charge < -0.3 is 5.73 Å². The van der Waals surface area contributed by atoms with Crippen LogP contribution in [0.25, 0.3) is 0 Å². The van der Waals surface area contributed by atoms with Gasteiger partial charge in [-0.25, -0.2) is 0 Å². The Morgan fingerprint density at radius 3 is 2.71 bits per heavy atom. The van der Waals surface area contributed by atoms with Gasteiger partial charge in [-0.15, -0.1) is 0 Å². The van der Waals surface area contributed by atoms with E-state index in [1.165, 1.54) is 19.3 Å². The molecule has 0 atom stereocenters. The quantitative estimate of drug-likeness (QED) is 0.847. The summed E-state index contributed by atoms with van der Waals surface area (Å²) in [5.41, 5.74) is 8.61. The molecular weight excluding hydrogens is 210 g/mol. The molecule has 1 aliphatic carbocycles. The standard InChI is InChI=1S/C14H23N3/c1-3-17(11-14(15)8-5-9-14)10-13-7-4-6-12(2)16-13/h4,6-7H,3,5,8-11,15H2,1-2H3. The van der Waals surface area contributed by atoms with Gasteiger partial charge in [0, 0.05) is 24.3 Å². The van der Waals surface area contributed by atoms with Crippen LogP contribution in [0.15, 0.2) is 18.2 Å². The van der Waals surface area contributed by atoms with Crippen molar-refractivity contribution in [2.75, 3.05) is 13.1 Å². The van der Waals surface area contributed by atoms with E-state index in [0.717, 1.165) is 31.0 Å². The highest BCUT2D eigenvalue weighted by Gasteiger charge is 2.33. The van der Waals surface area contributed by atoms with Gasteiger partial charge in [0.25, 0.3) is 0 Å². The van der Waals surface area contributed by atoms with Crippen molar-refractivity contribution in [1.82, 2.24) is 9.88 Å². The SMILES string of the molecule is CCN(Cc1cccc(C)n1)CC1(N)CCC1. The smallest absolute Gasteiger partial charge is 0.0547 e. The average molecular weight is 233 g/mol.